The second kappa shape index (κ2) is 7.31. The summed E-state index contributed by atoms with van der Waals surface area (Å²) in [6, 6.07) is 8.34. The van der Waals surface area contributed by atoms with E-state index in [0.29, 0.717) is 17.7 Å². The molecule has 2 rings (SSSR count). The molecule has 0 aliphatic heterocycles. The van der Waals surface area contributed by atoms with Gasteiger partial charge in [-0.05, 0) is 36.2 Å². The lowest BCUT2D eigenvalue weighted by molar-refractivity contribution is 0.0953. The summed E-state index contributed by atoms with van der Waals surface area (Å²) in [5.41, 5.74) is 2.92. The lowest BCUT2D eigenvalue weighted by Crippen LogP contribution is -2.30. The Morgan fingerprint density at radius 1 is 1.38 bits per heavy atom. The van der Waals surface area contributed by atoms with Crippen LogP contribution in [0.15, 0.2) is 35.7 Å². The smallest absolute Gasteiger partial charge is 0.265 e. The van der Waals surface area contributed by atoms with Crippen LogP contribution < -0.4 is 11.3 Å². The zero-order chi connectivity index (χ0) is 15.2. The quantitative estimate of drug-likeness (QED) is 0.490. The van der Waals surface area contributed by atoms with E-state index in [1.165, 1.54) is 17.0 Å². The number of nitrogens with zero attached hydrogens (tertiary/aromatic N) is 1. The molecule has 0 aliphatic carbocycles. The van der Waals surface area contributed by atoms with Gasteiger partial charge in [0, 0.05) is 29.1 Å². The zero-order valence-electron chi connectivity index (χ0n) is 11.8. The Labute approximate surface area is 127 Å². The van der Waals surface area contributed by atoms with Crippen molar-refractivity contribution >= 4 is 17.2 Å². The molecule has 3 N–H and O–H groups in total. The number of hydrogen-bond donors (Lipinski definition) is 2. The standard InChI is InChI=1S/C15H18FN3OS/c1-2-19(10-13-4-3-7-21-13)9-12-8-11(15(20)18-17)5-6-14(12)16/h3-8H,2,9-10,17H2,1H3,(H,18,20). The van der Waals surface area contributed by atoms with E-state index < -0.39 is 5.91 Å². The van der Waals surface area contributed by atoms with Crippen molar-refractivity contribution in [1.29, 1.82) is 0 Å². The summed E-state index contributed by atoms with van der Waals surface area (Å²) in [6.07, 6.45) is 0. The highest BCUT2D eigenvalue weighted by Crippen LogP contribution is 2.17. The Bertz CT molecular complexity index is 601. The maximum Gasteiger partial charge on any atom is 0.265 e. The monoisotopic (exact) mass is 307 g/mol. The third-order valence-electron chi connectivity index (χ3n) is 3.24. The maximum atomic E-state index is 13.9. The lowest BCUT2D eigenvalue weighted by atomic mass is 10.1. The van der Waals surface area contributed by atoms with Gasteiger partial charge < -0.3 is 0 Å². The fourth-order valence-corrected chi connectivity index (χ4v) is 2.81. The summed E-state index contributed by atoms with van der Waals surface area (Å²) in [5.74, 6) is 4.38. The van der Waals surface area contributed by atoms with Crippen LogP contribution in [0.2, 0.25) is 0 Å². The van der Waals surface area contributed by atoms with Crippen molar-refractivity contribution in [2.24, 2.45) is 5.84 Å². The first kappa shape index (κ1) is 15.6. The first-order valence-electron chi connectivity index (χ1n) is 6.68. The number of thiophene rings is 1. The van der Waals surface area contributed by atoms with Gasteiger partial charge in [-0.15, -0.1) is 11.3 Å². The van der Waals surface area contributed by atoms with Crippen LogP contribution in [-0.2, 0) is 13.1 Å². The van der Waals surface area contributed by atoms with Gasteiger partial charge in [-0.25, -0.2) is 10.2 Å². The maximum absolute atomic E-state index is 13.9. The SMILES string of the molecule is CCN(Cc1cccs1)Cc1cc(C(=O)NN)ccc1F. The van der Waals surface area contributed by atoms with E-state index in [4.69, 9.17) is 5.84 Å². The summed E-state index contributed by atoms with van der Waals surface area (Å²) in [4.78, 5) is 14.9. The molecule has 0 radical (unpaired) electrons. The average molecular weight is 307 g/mol. The lowest BCUT2D eigenvalue weighted by Gasteiger charge is -2.20. The fraction of sp³-hybridized carbons (Fsp3) is 0.267. The van der Waals surface area contributed by atoms with E-state index in [9.17, 15) is 9.18 Å². The highest BCUT2D eigenvalue weighted by molar-refractivity contribution is 7.09. The van der Waals surface area contributed by atoms with Crippen molar-refractivity contribution in [2.45, 2.75) is 20.0 Å². The van der Waals surface area contributed by atoms with Crippen molar-refractivity contribution in [3.8, 4) is 0 Å². The van der Waals surface area contributed by atoms with E-state index in [2.05, 4.69) is 16.4 Å². The first-order valence-corrected chi connectivity index (χ1v) is 7.56. The predicted octanol–water partition coefficient (Wildman–Crippen LogP) is 2.51. The fourth-order valence-electron chi connectivity index (χ4n) is 2.06. The van der Waals surface area contributed by atoms with Crippen LogP contribution in [0.1, 0.15) is 27.7 Å². The minimum atomic E-state index is -0.419. The van der Waals surface area contributed by atoms with E-state index in [1.54, 1.807) is 17.4 Å². The van der Waals surface area contributed by atoms with Gasteiger partial charge >= 0.3 is 0 Å². The molecule has 0 atom stereocenters. The second-order valence-corrected chi connectivity index (χ2v) is 5.69. The van der Waals surface area contributed by atoms with Gasteiger partial charge in [0.1, 0.15) is 5.82 Å². The summed E-state index contributed by atoms with van der Waals surface area (Å²) in [6.45, 7) is 4.04. The number of hydrazine groups is 1. The van der Waals surface area contributed by atoms with Crippen molar-refractivity contribution in [2.75, 3.05) is 6.54 Å². The number of nitrogen functional groups attached to an aromatic ring is 1. The zero-order valence-corrected chi connectivity index (χ0v) is 12.6. The van der Waals surface area contributed by atoms with E-state index >= 15 is 0 Å². The van der Waals surface area contributed by atoms with Crippen LogP contribution in [0.3, 0.4) is 0 Å². The van der Waals surface area contributed by atoms with E-state index in [1.807, 2.05) is 18.4 Å². The number of amides is 1. The molecule has 2 aromatic rings. The Hall–Kier alpha value is -1.76. The summed E-state index contributed by atoms with van der Waals surface area (Å²) in [7, 11) is 0. The van der Waals surface area contributed by atoms with Crippen LogP contribution in [-0.4, -0.2) is 17.4 Å². The normalized spacial score (nSPS) is 10.9. The Kier molecular flexibility index (Phi) is 5.44. The Balaban J connectivity index is 2.14. The van der Waals surface area contributed by atoms with Gasteiger partial charge in [0.25, 0.3) is 5.91 Å². The summed E-state index contributed by atoms with van der Waals surface area (Å²) >= 11 is 1.68. The molecule has 0 bridgehead atoms. The summed E-state index contributed by atoms with van der Waals surface area (Å²) in [5, 5.41) is 2.02. The highest BCUT2D eigenvalue weighted by Gasteiger charge is 2.12. The average Bonchev–Trinajstić information content (AvgIpc) is 3.00. The molecule has 0 aliphatic rings. The van der Waals surface area contributed by atoms with Gasteiger partial charge in [-0.2, -0.15) is 0 Å². The minimum Gasteiger partial charge on any atom is -0.294 e. The number of halogens is 1. The van der Waals surface area contributed by atoms with Gasteiger partial charge in [-0.3, -0.25) is 15.1 Å². The van der Waals surface area contributed by atoms with Gasteiger partial charge in [0.15, 0.2) is 0 Å². The molecule has 6 heteroatoms. The van der Waals surface area contributed by atoms with Gasteiger partial charge in [0.05, 0.1) is 0 Å². The van der Waals surface area contributed by atoms with Crippen molar-refractivity contribution in [3.63, 3.8) is 0 Å². The molecule has 1 aromatic heterocycles. The molecule has 112 valence electrons. The number of rotatable bonds is 6. The van der Waals surface area contributed by atoms with Crippen molar-refractivity contribution in [1.82, 2.24) is 10.3 Å². The molecule has 0 saturated carbocycles. The molecule has 0 unspecified atom stereocenters. The molecular weight excluding hydrogens is 289 g/mol. The molecule has 1 aromatic carbocycles. The number of nitrogens with one attached hydrogen (secondary N) is 1. The van der Waals surface area contributed by atoms with E-state index in [0.717, 1.165) is 13.1 Å². The molecule has 0 spiro atoms. The van der Waals surface area contributed by atoms with Crippen LogP contribution in [0.25, 0.3) is 0 Å². The molecule has 0 fully saturated rings. The summed E-state index contributed by atoms with van der Waals surface area (Å²) < 4.78 is 13.9. The van der Waals surface area contributed by atoms with Crippen LogP contribution in [0, 0.1) is 5.82 Å². The van der Waals surface area contributed by atoms with Gasteiger partial charge in [0.2, 0.25) is 0 Å². The molecule has 21 heavy (non-hydrogen) atoms. The number of carbonyl (C=O) groups is 1. The number of hydrogen-bond acceptors (Lipinski definition) is 4. The van der Waals surface area contributed by atoms with Crippen LogP contribution in [0.4, 0.5) is 4.39 Å². The largest absolute Gasteiger partial charge is 0.294 e. The van der Waals surface area contributed by atoms with Crippen LogP contribution >= 0.6 is 11.3 Å². The molecule has 1 heterocycles. The van der Waals surface area contributed by atoms with Gasteiger partial charge in [-0.1, -0.05) is 13.0 Å². The number of nitrogens with two attached hydrogens (primary N) is 1. The Morgan fingerprint density at radius 3 is 2.81 bits per heavy atom. The second-order valence-electron chi connectivity index (χ2n) is 4.66. The molecule has 4 nitrogen and oxygen atoms in total. The first-order chi connectivity index (χ1) is 10.1. The minimum absolute atomic E-state index is 0.312. The number of carbonyl (C=O) groups excluding carboxylic acids is 1. The van der Waals surface area contributed by atoms with Crippen LogP contribution in [0.5, 0.6) is 0 Å². The van der Waals surface area contributed by atoms with Crippen molar-refractivity contribution < 1.29 is 9.18 Å². The molecule has 1 amide bonds. The third-order valence-corrected chi connectivity index (χ3v) is 4.10. The molecular formula is C15H18FN3OS. The third kappa shape index (κ3) is 4.10. The Morgan fingerprint density at radius 2 is 2.19 bits per heavy atom. The molecule has 0 saturated heterocycles. The van der Waals surface area contributed by atoms with E-state index in [-0.39, 0.29) is 5.82 Å². The highest BCUT2D eigenvalue weighted by atomic mass is 32.1. The predicted molar refractivity (Wildman–Crippen MR) is 82.2 cm³/mol. The topological polar surface area (TPSA) is 58.4 Å². The number of benzene rings is 1. The van der Waals surface area contributed by atoms with Crippen molar-refractivity contribution in [3.05, 3.63) is 57.5 Å².